The first-order chi connectivity index (χ1) is 9.31. The first-order valence-corrected chi connectivity index (χ1v) is 6.95. The van der Waals surface area contributed by atoms with Crippen LogP contribution in [0.4, 0.5) is 0 Å². The van der Waals surface area contributed by atoms with Crippen LogP contribution in [0.2, 0.25) is 0 Å². The number of H-pyrrole nitrogens is 1. The Morgan fingerprint density at radius 1 is 1.37 bits per heavy atom. The summed E-state index contributed by atoms with van der Waals surface area (Å²) in [6.07, 6.45) is 6.25. The van der Waals surface area contributed by atoms with Crippen molar-refractivity contribution >= 4 is 0 Å². The van der Waals surface area contributed by atoms with E-state index in [1.807, 2.05) is 18.5 Å². The Morgan fingerprint density at radius 3 is 3.05 bits per heavy atom. The van der Waals surface area contributed by atoms with Crippen molar-refractivity contribution in [1.82, 2.24) is 19.9 Å². The topological polar surface area (TPSA) is 44.8 Å². The van der Waals surface area contributed by atoms with Gasteiger partial charge in [-0.25, -0.2) is 4.98 Å². The summed E-state index contributed by atoms with van der Waals surface area (Å²) in [5.74, 6) is 1.68. The molecule has 1 aliphatic rings. The summed E-state index contributed by atoms with van der Waals surface area (Å²) in [7, 11) is 0. The number of pyridine rings is 1. The highest BCUT2D eigenvalue weighted by Crippen LogP contribution is 2.25. The Hall–Kier alpha value is -1.68. The van der Waals surface area contributed by atoms with Crippen LogP contribution in [0.25, 0.3) is 0 Å². The zero-order chi connectivity index (χ0) is 13.1. The van der Waals surface area contributed by atoms with Crippen LogP contribution in [0.5, 0.6) is 0 Å². The lowest BCUT2D eigenvalue weighted by atomic mass is 9.97. The normalized spacial score (nSPS) is 20.6. The lowest BCUT2D eigenvalue weighted by molar-refractivity contribution is 0.195. The summed E-state index contributed by atoms with van der Waals surface area (Å²) in [6, 6.07) is 6.12. The van der Waals surface area contributed by atoms with Gasteiger partial charge in [-0.1, -0.05) is 6.07 Å². The minimum Gasteiger partial charge on any atom is -0.346 e. The fraction of sp³-hybridized carbons (Fsp3) is 0.467. The van der Waals surface area contributed by atoms with Crippen molar-refractivity contribution in [2.24, 2.45) is 0 Å². The van der Waals surface area contributed by atoms with E-state index in [1.165, 1.54) is 12.8 Å². The molecule has 1 fully saturated rings. The third kappa shape index (κ3) is 3.01. The molecule has 0 amide bonds. The number of piperidine rings is 1. The van der Waals surface area contributed by atoms with Crippen molar-refractivity contribution in [2.75, 3.05) is 13.1 Å². The van der Waals surface area contributed by atoms with Crippen LogP contribution >= 0.6 is 0 Å². The van der Waals surface area contributed by atoms with Crippen LogP contribution in [-0.2, 0) is 6.54 Å². The standard InChI is InChI=1S/C15H20N4/c1-12-9-17-15(18-12)13-5-4-8-19(10-13)11-14-6-2-3-7-16-14/h2-3,6-7,9,13H,4-5,8,10-11H2,1H3,(H,17,18). The Labute approximate surface area is 113 Å². The van der Waals surface area contributed by atoms with Crippen LogP contribution in [0.1, 0.15) is 36.0 Å². The number of imidazole rings is 1. The minimum atomic E-state index is 0.533. The summed E-state index contributed by atoms with van der Waals surface area (Å²) in [4.78, 5) is 14.7. The predicted molar refractivity (Wildman–Crippen MR) is 74.8 cm³/mol. The second kappa shape index (κ2) is 5.53. The van der Waals surface area contributed by atoms with E-state index in [4.69, 9.17) is 0 Å². The quantitative estimate of drug-likeness (QED) is 0.917. The molecule has 0 aromatic carbocycles. The number of rotatable bonds is 3. The van der Waals surface area contributed by atoms with Crippen molar-refractivity contribution in [1.29, 1.82) is 0 Å². The van der Waals surface area contributed by atoms with Crippen LogP contribution in [0.15, 0.2) is 30.6 Å². The molecule has 0 radical (unpaired) electrons. The molecule has 1 saturated heterocycles. The Kier molecular flexibility index (Phi) is 3.60. The SMILES string of the molecule is Cc1cnc(C2CCCN(Cc3ccccn3)C2)[nH]1. The average molecular weight is 256 g/mol. The molecule has 4 heteroatoms. The molecule has 3 rings (SSSR count). The van der Waals surface area contributed by atoms with Gasteiger partial charge >= 0.3 is 0 Å². The van der Waals surface area contributed by atoms with Crippen molar-refractivity contribution in [3.63, 3.8) is 0 Å². The number of aromatic amines is 1. The van der Waals surface area contributed by atoms with E-state index in [-0.39, 0.29) is 0 Å². The van der Waals surface area contributed by atoms with Gasteiger partial charge in [0.05, 0.1) is 5.69 Å². The van der Waals surface area contributed by atoms with Crippen molar-refractivity contribution < 1.29 is 0 Å². The van der Waals surface area contributed by atoms with Crippen molar-refractivity contribution in [2.45, 2.75) is 32.2 Å². The van der Waals surface area contributed by atoms with Crippen molar-refractivity contribution in [3.8, 4) is 0 Å². The highest BCUT2D eigenvalue weighted by atomic mass is 15.1. The summed E-state index contributed by atoms with van der Waals surface area (Å²) in [5, 5.41) is 0. The lowest BCUT2D eigenvalue weighted by Crippen LogP contribution is -2.34. The van der Waals surface area contributed by atoms with Gasteiger partial charge in [-0.05, 0) is 38.4 Å². The summed E-state index contributed by atoms with van der Waals surface area (Å²) < 4.78 is 0. The number of aryl methyl sites for hydroxylation is 1. The number of likely N-dealkylation sites (tertiary alicyclic amines) is 1. The average Bonchev–Trinajstić information content (AvgIpc) is 2.87. The van der Waals surface area contributed by atoms with Gasteiger partial charge in [0, 0.05) is 37.1 Å². The van der Waals surface area contributed by atoms with Gasteiger partial charge in [-0.3, -0.25) is 9.88 Å². The third-order valence-corrected chi connectivity index (χ3v) is 3.73. The molecule has 19 heavy (non-hydrogen) atoms. The van der Waals surface area contributed by atoms with Gasteiger partial charge in [-0.15, -0.1) is 0 Å². The molecule has 4 nitrogen and oxygen atoms in total. The first-order valence-electron chi connectivity index (χ1n) is 6.95. The lowest BCUT2D eigenvalue weighted by Gasteiger charge is -2.31. The number of nitrogens with zero attached hydrogens (tertiary/aromatic N) is 3. The highest BCUT2D eigenvalue weighted by Gasteiger charge is 2.23. The third-order valence-electron chi connectivity index (χ3n) is 3.73. The Bertz CT molecular complexity index is 520. The molecule has 0 bridgehead atoms. The van der Waals surface area contributed by atoms with E-state index in [0.717, 1.165) is 36.8 Å². The van der Waals surface area contributed by atoms with Crippen LogP contribution in [0, 0.1) is 6.92 Å². The Morgan fingerprint density at radius 2 is 2.32 bits per heavy atom. The zero-order valence-electron chi connectivity index (χ0n) is 11.3. The molecule has 100 valence electrons. The summed E-state index contributed by atoms with van der Waals surface area (Å²) in [5.41, 5.74) is 2.30. The van der Waals surface area contributed by atoms with Gasteiger partial charge in [0.2, 0.25) is 0 Å². The Balaban J connectivity index is 1.65. The molecule has 1 atom stereocenters. The number of aromatic nitrogens is 3. The van der Waals surface area contributed by atoms with E-state index in [0.29, 0.717) is 5.92 Å². The molecule has 0 spiro atoms. The maximum atomic E-state index is 4.48. The molecule has 0 saturated carbocycles. The maximum Gasteiger partial charge on any atom is 0.110 e. The molecule has 1 unspecified atom stereocenters. The zero-order valence-corrected chi connectivity index (χ0v) is 11.3. The number of nitrogens with one attached hydrogen (secondary N) is 1. The molecule has 1 aliphatic heterocycles. The fourth-order valence-electron chi connectivity index (χ4n) is 2.78. The van der Waals surface area contributed by atoms with E-state index in [2.05, 4.69) is 38.9 Å². The van der Waals surface area contributed by atoms with E-state index in [9.17, 15) is 0 Å². The van der Waals surface area contributed by atoms with Crippen LogP contribution in [-0.4, -0.2) is 32.9 Å². The first kappa shape index (κ1) is 12.4. The minimum absolute atomic E-state index is 0.533. The van der Waals surface area contributed by atoms with Crippen molar-refractivity contribution in [3.05, 3.63) is 47.8 Å². The number of hydrogen-bond acceptors (Lipinski definition) is 3. The molecule has 1 N–H and O–H groups in total. The fourth-order valence-corrected chi connectivity index (χ4v) is 2.78. The molecular weight excluding hydrogens is 236 g/mol. The molecular formula is C15H20N4. The van der Waals surface area contributed by atoms with Crippen LogP contribution < -0.4 is 0 Å². The maximum absolute atomic E-state index is 4.48. The van der Waals surface area contributed by atoms with Crippen LogP contribution in [0.3, 0.4) is 0 Å². The smallest absolute Gasteiger partial charge is 0.110 e. The monoisotopic (exact) mass is 256 g/mol. The molecule has 2 aromatic rings. The van der Waals surface area contributed by atoms with Gasteiger partial charge in [-0.2, -0.15) is 0 Å². The molecule has 0 aliphatic carbocycles. The predicted octanol–water partition coefficient (Wildman–Crippen LogP) is 2.49. The van der Waals surface area contributed by atoms with Gasteiger partial charge < -0.3 is 4.98 Å². The van der Waals surface area contributed by atoms with Gasteiger partial charge in [0.1, 0.15) is 5.82 Å². The van der Waals surface area contributed by atoms with E-state index < -0.39 is 0 Å². The summed E-state index contributed by atoms with van der Waals surface area (Å²) >= 11 is 0. The largest absolute Gasteiger partial charge is 0.346 e. The van der Waals surface area contributed by atoms with E-state index in [1.54, 1.807) is 0 Å². The van der Waals surface area contributed by atoms with Gasteiger partial charge in [0.25, 0.3) is 0 Å². The summed E-state index contributed by atoms with van der Waals surface area (Å²) in [6.45, 7) is 5.23. The highest BCUT2D eigenvalue weighted by molar-refractivity contribution is 5.07. The van der Waals surface area contributed by atoms with E-state index >= 15 is 0 Å². The molecule has 2 aromatic heterocycles. The van der Waals surface area contributed by atoms with Gasteiger partial charge in [0.15, 0.2) is 0 Å². The second-order valence-corrected chi connectivity index (χ2v) is 5.35. The second-order valence-electron chi connectivity index (χ2n) is 5.35. The molecule has 3 heterocycles. The number of hydrogen-bond donors (Lipinski definition) is 1.